The highest BCUT2D eigenvalue weighted by Crippen LogP contribution is 2.25. The van der Waals surface area contributed by atoms with E-state index in [0.29, 0.717) is 6.04 Å². The van der Waals surface area contributed by atoms with Crippen LogP contribution in [0.3, 0.4) is 0 Å². The molecular weight excluding hydrogens is 184 g/mol. The average Bonchev–Trinajstić information content (AvgIpc) is 2.65. The Bertz CT molecular complexity index is 129. The molecule has 2 unspecified atom stereocenters. The van der Waals surface area contributed by atoms with Gasteiger partial charge in [-0.3, -0.25) is 0 Å². The summed E-state index contributed by atoms with van der Waals surface area (Å²) in [5.74, 6) is 3.27. The molecular formula is C9H20N2OS. The van der Waals surface area contributed by atoms with Crippen LogP contribution in [0.4, 0.5) is 0 Å². The van der Waals surface area contributed by atoms with E-state index >= 15 is 0 Å². The molecule has 4 heteroatoms. The van der Waals surface area contributed by atoms with Gasteiger partial charge in [-0.05, 0) is 36.8 Å². The normalized spacial score (nSPS) is 24.9. The Labute approximate surface area is 84.5 Å². The van der Waals surface area contributed by atoms with E-state index in [-0.39, 0.29) is 6.61 Å². The van der Waals surface area contributed by atoms with Gasteiger partial charge in [-0.2, -0.15) is 11.8 Å². The van der Waals surface area contributed by atoms with E-state index in [9.17, 15) is 0 Å². The predicted octanol–water partition coefficient (Wildman–Crippen LogP) is 0.0388. The maximum atomic E-state index is 8.64. The Balaban J connectivity index is 2.16. The van der Waals surface area contributed by atoms with Crippen molar-refractivity contribution in [1.29, 1.82) is 0 Å². The molecule has 1 saturated heterocycles. The SMILES string of the molecule is NCC(NCCCO)C1CCSC1. The fraction of sp³-hybridized carbons (Fsp3) is 1.00. The monoisotopic (exact) mass is 204 g/mol. The number of nitrogens with one attached hydrogen (secondary N) is 1. The zero-order valence-corrected chi connectivity index (χ0v) is 8.85. The molecule has 3 nitrogen and oxygen atoms in total. The predicted molar refractivity (Wildman–Crippen MR) is 58.0 cm³/mol. The molecule has 0 radical (unpaired) electrons. The van der Waals surface area contributed by atoms with Crippen molar-refractivity contribution in [2.45, 2.75) is 18.9 Å². The fourth-order valence-corrected chi connectivity index (χ4v) is 3.02. The van der Waals surface area contributed by atoms with E-state index in [2.05, 4.69) is 5.32 Å². The fourth-order valence-electron chi connectivity index (χ4n) is 1.68. The zero-order valence-electron chi connectivity index (χ0n) is 8.04. The first-order valence-corrected chi connectivity index (χ1v) is 6.16. The van der Waals surface area contributed by atoms with Crippen LogP contribution in [0.25, 0.3) is 0 Å². The van der Waals surface area contributed by atoms with Crippen molar-refractivity contribution in [3.63, 3.8) is 0 Å². The third kappa shape index (κ3) is 3.85. The molecule has 0 aromatic heterocycles. The Morgan fingerprint density at radius 3 is 3.00 bits per heavy atom. The number of hydrogen-bond donors (Lipinski definition) is 3. The number of nitrogens with two attached hydrogens (primary N) is 1. The molecule has 78 valence electrons. The summed E-state index contributed by atoms with van der Waals surface area (Å²) in [5, 5.41) is 12.1. The summed E-state index contributed by atoms with van der Waals surface area (Å²) in [6.07, 6.45) is 2.12. The molecule has 1 aliphatic heterocycles. The minimum atomic E-state index is 0.268. The van der Waals surface area contributed by atoms with Gasteiger partial charge < -0.3 is 16.2 Å². The van der Waals surface area contributed by atoms with Crippen LogP contribution in [0.1, 0.15) is 12.8 Å². The maximum absolute atomic E-state index is 8.64. The zero-order chi connectivity index (χ0) is 9.52. The molecule has 0 spiro atoms. The van der Waals surface area contributed by atoms with Crippen molar-refractivity contribution in [2.24, 2.45) is 11.7 Å². The van der Waals surface area contributed by atoms with Crippen molar-refractivity contribution in [1.82, 2.24) is 5.32 Å². The van der Waals surface area contributed by atoms with Gasteiger partial charge >= 0.3 is 0 Å². The van der Waals surface area contributed by atoms with Crippen LogP contribution in [0.5, 0.6) is 0 Å². The van der Waals surface area contributed by atoms with E-state index in [0.717, 1.165) is 25.4 Å². The first-order chi connectivity index (χ1) is 6.38. The number of aliphatic hydroxyl groups is 1. The van der Waals surface area contributed by atoms with Gasteiger partial charge in [0.1, 0.15) is 0 Å². The van der Waals surface area contributed by atoms with Gasteiger partial charge in [-0.25, -0.2) is 0 Å². The Kier molecular flexibility index (Phi) is 5.78. The second kappa shape index (κ2) is 6.65. The first kappa shape index (κ1) is 11.3. The highest BCUT2D eigenvalue weighted by molar-refractivity contribution is 7.99. The molecule has 4 N–H and O–H groups in total. The van der Waals surface area contributed by atoms with Crippen LogP contribution in [0.15, 0.2) is 0 Å². The Morgan fingerprint density at radius 2 is 2.46 bits per heavy atom. The molecule has 0 bridgehead atoms. The minimum Gasteiger partial charge on any atom is -0.396 e. The molecule has 0 aliphatic carbocycles. The summed E-state index contributed by atoms with van der Waals surface area (Å²) >= 11 is 2.02. The lowest BCUT2D eigenvalue weighted by molar-refractivity contribution is 0.278. The molecule has 0 aromatic rings. The molecule has 1 rings (SSSR count). The summed E-state index contributed by atoms with van der Waals surface area (Å²) in [6.45, 7) is 1.87. The van der Waals surface area contributed by atoms with E-state index < -0.39 is 0 Å². The van der Waals surface area contributed by atoms with Crippen molar-refractivity contribution in [2.75, 3.05) is 31.2 Å². The topological polar surface area (TPSA) is 58.3 Å². The van der Waals surface area contributed by atoms with Crippen LogP contribution in [0, 0.1) is 5.92 Å². The van der Waals surface area contributed by atoms with Crippen LogP contribution in [0.2, 0.25) is 0 Å². The average molecular weight is 204 g/mol. The number of hydrogen-bond acceptors (Lipinski definition) is 4. The van der Waals surface area contributed by atoms with Gasteiger partial charge in [-0.15, -0.1) is 0 Å². The van der Waals surface area contributed by atoms with E-state index in [1.165, 1.54) is 17.9 Å². The van der Waals surface area contributed by atoms with Crippen LogP contribution < -0.4 is 11.1 Å². The van der Waals surface area contributed by atoms with E-state index in [4.69, 9.17) is 10.8 Å². The quantitative estimate of drug-likeness (QED) is 0.535. The Morgan fingerprint density at radius 1 is 1.62 bits per heavy atom. The first-order valence-electron chi connectivity index (χ1n) is 5.00. The van der Waals surface area contributed by atoms with Gasteiger partial charge in [0, 0.05) is 19.2 Å². The highest BCUT2D eigenvalue weighted by Gasteiger charge is 2.23. The highest BCUT2D eigenvalue weighted by atomic mass is 32.2. The summed E-state index contributed by atoms with van der Waals surface area (Å²) in [6, 6.07) is 0.460. The molecule has 13 heavy (non-hydrogen) atoms. The van der Waals surface area contributed by atoms with Gasteiger partial charge in [0.05, 0.1) is 0 Å². The number of rotatable bonds is 6. The van der Waals surface area contributed by atoms with Gasteiger partial charge in [0.15, 0.2) is 0 Å². The summed E-state index contributed by atoms with van der Waals surface area (Å²) in [4.78, 5) is 0. The molecule has 1 aliphatic rings. The molecule has 0 aromatic carbocycles. The van der Waals surface area contributed by atoms with Gasteiger partial charge in [-0.1, -0.05) is 0 Å². The summed E-state index contributed by atoms with van der Waals surface area (Å²) < 4.78 is 0. The second-order valence-corrected chi connectivity index (χ2v) is 4.65. The van der Waals surface area contributed by atoms with Gasteiger partial charge in [0.25, 0.3) is 0 Å². The van der Waals surface area contributed by atoms with Crippen molar-refractivity contribution in [3.8, 4) is 0 Å². The molecule has 0 saturated carbocycles. The number of thioether (sulfide) groups is 1. The Hall–Kier alpha value is 0.230. The third-order valence-electron chi connectivity index (χ3n) is 2.53. The van der Waals surface area contributed by atoms with E-state index in [1.807, 2.05) is 11.8 Å². The lowest BCUT2D eigenvalue weighted by Crippen LogP contribution is -2.42. The van der Waals surface area contributed by atoms with Crippen molar-refractivity contribution >= 4 is 11.8 Å². The summed E-state index contributed by atoms with van der Waals surface area (Å²) in [7, 11) is 0. The molecule has 0 amide bonds. The lowest BCUT2D eigenvalue weighted by atomic mass is 9.99. The molecule has 1 fully saturated rings. The lowest BCUT2D eigenvalue weighted by Gasteiger charge is -2.22. The van der Waals surface area contributed by atoms with Crippen LogP contribution in [-0.4, -0.2) is 42.4 Å². The smallest absolute Gasteiger partial charge is 0.0443 e. The van der Waals surface area contributed by atoms with Crippen LogP contribution in [-0.2, 0) is 0 Å². The molecule has 2 atom stereocenters. The van der Waals surface area contributed by atoms with Gasteiger partial charge in [0.2, 0.25) is 0 Å². The maximum Gasteiger partial charge on any atom is 0.0443 e. The minimum absolute atomic E-state index is 0.268. The standard InChI is InChI=1S/C9H20N2OS/c10-6-9(11-3-1-4-12)8-2-5-13-7-8/h8-9,11-12H,1-7,10H2. The summed E-state index contributed by atoms with van der Waals surface area (Å²) in [5.41, 5.74) is 5.70. The second-order valence-electron chi connectivity index (χ2n) is 3.50. The van der Waals surface area contributed by atoms with E-state index in [1.54, 1.807) is 0 Å². The van der Waals surface area contributed by atoms with Crippen molar-refractivity contribution in [3.05, 3.63) is 0 Å². The number of aliphatic hydroxyl groups excluding tert-OH is 1. The van der Waals surface area contributed by atoms with Crippen LogP contribution >= 0.6 is 11.8 Å². The molecule has 1 heterocycles. The third-order valence-corrected chi connectivity index (χ3v) is 3.72. The van der Waals surface area contributed by atoms with Crippen molar-refractivity contribution < 1.29 is 5.11 Å². The largest absolute Gasteiger partial charge is 0.396 e.